The van der Waals surface area contributed by atoms with E-state index in [-0.39, 0.29) is 5.41 Å². The van der Waals surface area contributed by atoms with E-state index >= 15 is 0 Å². The Labute approximate surface area is 111 Å². The number of ether oxygens (including phenoxy) is 1. The Morgan fingerprint density at radius 2 is 1.94 bits per heavy atom. The molecule has 0 saturated carbocycles. The van der Waals surface area contributed by atoms with Crippen LogP contribution in [0.15, 0.2) is 24.3 Å². The summed E-state index contributed by atoms with van der Waals surface area (Å²) in [5.41, 5.74) is 7.20. The lowest BCUT2D eigenvalue weighted by Crippen LogP contribution is -2.29. The number of hydrogen-bond acceptors (Lipinski definition) is 3. The third kappa shape index (κ3) is 4.67. The summed E-state index contributed by atoms with van der Waals surface area (Å²) < 4.78 is 5.37. The van der Waals surface area contributed by atoms with E-state index in [1.807, 2.05) is 12.1 Å². The van der Waals surface area contributed by atoms with E-state index < -0.39 is 0 Å². The van der Waals surface area contributed by atoms with Crippen LogP contribution in [-0.4, -0.2) is 32.1 Å². The first-order valence-corrected chi connectivity index (χ1v) is 6.49. The monoisotopic (exact) mass is 250 g/mol. The van der Waals surface area contributed by atoms with Gasteiger partial charge in [-0.25, -0.2) is 0 Å². The maximum absolute atomic E-state index is 5.75. The minimum Gasteiger partial charge on any atom is -0.496 e. The minimum atomic E-state index is 0.217. The summed E-state index contributed by atoms with van der Waals surface area (Å²) in [7, 11) is 3.86. The maximum atomic E-state index is 5.75. The van der Waals surface area contributed by atoms with Crippen molar-refractivity contribution in [2.45, 2.75) is 26.8 Å². The number of nitrogens with two attached hydrogens (primary N) is 1. The van der Waals surface area contributed by atoms with Crippen molar-refractivity contribution in [3.63, 3.8) is 0 Å². The molecular formula is C15H26N2O. The summed E-state index contributed by atoms with van der Waals surface area (Å²) in [6.45, 7) is 7.11. The molecule has 0 amide bonds. The molecule has 3 heteroatoms. The van der Waals surface area contributed by atoms with Crippen molar-refractivity contribution in [1.29, 1.82) is 0 Å². The predicted molar refractivity (Wildman–Crippen MR) is 76.8 cm³/mol. The summed E-state index contributed by atoms with van der Waals surface area (Å²) in [6.07, 6.45) is 1.11. The zero-order chi connectivity index (χ0) is 13.6. The Morgan fingerprint density at radius 3 is 2.56 bits per heavy atom. The van der Waals surface area contributed by atoms with Crippen molar-refractivity contribution in [1.82, 2.24) is 4.90 Å². The highest BCUT2D eigenvalue weighted by Gasteiger charge is 2.16. The van der Waals surface area contributed by atoms with Gasteiger partial charge in [0, 0.05) is 12.1 Å². The quantitative estimate of drug-likeness (QED) is 0.808. The summed E-state index contributed by atoms with van der Waals surface area (Å²) in [6, 6.07) is 8.17. The van der Waals surface area contributed by atoms with Gasteiger partial charge in [-0.3, -0.25) is 0 Å². The Balaban J connectivity index is 2.52. The molecule has 0 aliphatic rings. The molecule has 3 nitrogen and oxygen atoms in total. The normalized spacial score (nSPS) is 11.9. The lowest BCUT2D eigenvalue weighted by Gasteiger charge is -2.26. The van der Waals surface area contributed by atoms with Crippen LogP contribution in [0.2, 0.25) is 0 Å². The van der Waals surface area contributed by atoms with Crippen molar-refractivity contribution in [3.8, 4) is 5.75 Å². The second-order valence-corrected chi connectivity index (χ2v) is 5.67. The molecule has 0 spiro atoms. The Kier molecular flexibility index (Phi) is 5.63. The number of benzene rings is 1. The molecule has 102 valence electrons. The number of methoxy groups -OCH3 is 1. The van der Waals surface area contributed by atoms with Gasteiger partial charge in [-0.1, -0.05) is 32.0 Å². The molecule has 0 fully saturated rings. The molecule has 0 unspecified atom stereocenters. The molecule has 0 aromatic heterocycles. The van der Waals surface area contributed by atoms with Crippen LogP contribution in [0.4, 0.5) is 0 Å². The molecule has 2 N–H and O–H groups in total. The van der Waals surface area contributed by atoms with E-state index in [1.54, 1.807) is 7.11 Å². The van der Waals surface area contributed by atoms with E-state index in [0.29, 0.717) is 0 Å². The van der Waals surface area contributed by atoms with Crippen molar-refractivity contribution in [2.24, 2.45) is 11.1 Å². The van der Waals surface area contributed by atoms with Crippen LogP contribution in [0.1, 0.15) is 25.8 Å². The average Bonchev–Trinajstić information content (AvgIpc) is 2.37. The molecule has 0 saturated heterocycles. The van der Waals surface area contributed by atoms with Crippen LogP contribution < -0.4 is 10.5 Å². The SMILES string of the molecule is COc1ccccc1CN(C)CCC(C)(C)CN. The predicted octanol–water partition coefficient (Wildman–Crippen LogP) is 2.50. The lowest BCUT2D eigenvalue weighted by molar-refractivity contribution is 0.246. The Bertz CT molecular complexity index is 363. The fourth-order valence-corrected chi connectivity index (χ4v) is 1.80. The molecule has 1 rings (SSSR count). The van der Waals surface area contributed by atoms with Crippen LogP contribution in [-0.2, 0) is 6.54 Å². The van der Waals surface area contributed by atoms with Crippen LogP contribution in [0, 0.1) is 5.41 Å². The van der Waals surface area contributed by atoms with Crippen LogP contribution in [0.3, 0.4) is 0 Å². The van der Waals surface area contributed by atoms with Gasteiger partial charge in [-0.15, -0.1) is 0 Å². The first-order chi connectivity index (χ1) is 8.48. The first-order valence-electron chi connectivity index (χ1n) is 6.49. The molecular weight excluding hydrogens is 224 g/mol. The third-order valence-electron chi connectivity index (χ3n) is 3.36. The smallest absolute Gasteiger partial charge is 0.123 e. The summed E-state index contributed by atoms with van der Waals surface area (Å²) in [4.78, 5) is 2.31. The van der Waals surface area contributed by atoms with E-state index in [0.717, 1.165) is 31.8 Å². The minimum absolute atomic E-state index is 0.217. The third-order valence-corrected chi connectivity index (χ3v) is 3.36. The standard InChI is InChI=1S/C15H26N2O/c1-15(2,12-16)9-10-17(3)11-13-7-5-6-8-14(13)18-4/h5-8H,9-12,16H2,1-4H3. The van der Waals surface area contributed by atoms with Gasteiger partial charge in [0.25, 0.3) is 0 Å². The highest BCUT2D eigenvalue weighted by atomic mass is 16.5. The van der Waals surface area contributed by atoms with Gasteiger partial charge in [-0.2, -0.15) is 0 Å². The van der Waals surface area contributed by atoms with Gasteiger partial charge in [0.15, 0.2) is 0 Å². The van der Waals surface area contributed by atoms with Crippen molar-refractivity contribution < 1.29 is 4.74 Å². The van der Waals surface area contributed by atoms with Crippen molar-refractivity contribution in [2.75, 3.05) is 27.2 Å². The Morgan fingerprint density at radius 1 is 1.28 bits per heavy atom. The van der Waals surface area contributed by atoms with Gasteiger partial charge in [0.05, 0.1) is 7.11 Å². The molecule has 0 aliphatic heterocycles. The number of hydrogen-bond donors (Lipinski definition) is 1. The molecule has 0 radical (unpaired) electrons. The summed E-state index contributed by atoms with van der Waals surface area (Å²) >= 11 is 0. The van der Waals surface area contributed by atoms with Crippen molar-refractivity contribution >= 4 is 0 Å². The molecule has 1 aromatic rings. The zero-order valence-electron chi connectivity index (χ0n) is 12.1. The Hall–Kier alpha value is -1.06. The van der Waals surface area contributed by atoms with Crippen LogP contribution in [0.25, 0.3) is 0 Å². The largest absolute Gasteiger partial charge is 0.496 e. The first kappa shape index (κ1) is 15.0. The van der Waals surface area contributed by atoms with Gasteiger partial charge in [0.1, 0.15) is 5.75 Å². The van der Waals surface area contributed by atoms with Gasteiger partial charge < -0.3 is 15.4 Å². The average molecular weight is 250 g/mol. The van der Waals surface area contributed by atoms with Crippen LogP contribution >= 0.6 is 0 Å². The van der Waals surface area contributed by atoms with E-state index in [1.165, 1.54) is 5.56 Å². The highest BCUT2D eigenvalue weighted by molar-refractivity contribution is 5.32. The van der Waals surface area contributed by atoms with E-state index in [2.05, 4.69) is 37.9 Å². The highest BCUT2D eigenvalue weighted by Crippen LogP contribution is 2.21. The molecule has 1 aromatic carbocycles. The van der Waals surface area contributed by atoms with E-state index in [9.17, 15) is 0 Å². The lowest BCUT2D eigenvalue weighted by atomic mass is 9.89. The molecule has 0 heterocycles. The van der Waals surface area contributed by atoms with E-state index in [4.69, 9.17) is 10.5 Å². The molecule has 0 aliphatic carbocycles. The van der Waals surface area contributed by atoms with Gasteiger partial charge >= 0.3 is 0 Å². The zero-order valence-corrected chi connectivity index (χ0v) is 12.1. The second kappa shape index (κ2) is 6.76. The van der Waals surface area contributed by atoms with Crippen LogP contribution in [0.5, 0.6) is 5.75 Å². The topological polar surface area (TPSA) is 38.5 Å². The molecule has 18 heavy (non-hydrogen) atoms. The van der Waals surface area contributed by atoms with Gasteiger partial charge in [-0.05, 0) is 38.0 Å². The van der Waals surface area contributed by atoms with Crippen molar-refractivity contribution in [3.05, 3.63) is 29.8 Å². The second-order valence-electron chi connectivity index (χ2n) is 5.67. The van der Waals surface area contributed by atoms with Gasteiger partial charge in [0.2, 0.25) is 0 Å². The number of rotatable bonds is 7. The maximum Gasteiger partial charge on any atom is 0.123 e. The molecule has 0 bridgehead atoms. The number of nitrogens with zero attached hydrogens (tertiary/aromatic N) is 1. The number of para-hydroxylation sites is 1. The molecule has 0 atom stereocenters. The summed E-state index contributed by atoms with van der Waals surface area (Å²) in [5.74, 6) is 0.961. The summed E-state index contributed by atoms with van der Waals surface area (Å²) in [5, 5.41) is 0. The fourth-order valence-electron chi connectivity index (χ4n) is 1.80. The fraction of sp³-hybridized carbons (Fsp3) is 0.600.